The van der Waals surface area contributed by atoms with E-state index < -0.39 is 0 Å². The summed E-state index contributed by atoms with van der Waals surface area (Å²) in [5, 5.41) is 5.93. The third kappa shape index (κ3) is 6.41. The minimum absolute atomic E-state index is 0.173. The molecule has 3 rings (SSSR count). The molecule has 0 aliphatic carbocycles. The highest BCUT2D eigenvalue weighted by molar-refractivity contribution is 7.98. The number of urea groups is 1. The van der Waals surface area contributed by atoms with Crippen LogP contribution in [0.5, 0.6) is 5.75 Å². The zero-order valence-corrected chi connectivity index (χ0v) is 18.1. The standard InChI is InChI=1S/C23H31N3O2S/c1-3-28-21-10-6-5-9-20(21)25-23(27)24-16-18-12-14-26(15-13-18)17-19-8-4-7-11-22(19)29-2/h4-11,18H,3,12-17H2,1-2H3,(H2,24,25,27). The number of thioether (sulfide) groups is 1. The molecule has 0 atom stereocenters. The van der Waals surface area contributed by atoms with Crippen molar-refractivity contribution >= 4 is 23.5 Å². The second-order valence-electron chi connectivity index (χ2n) is 7.30. The molecular weight excluding hydrogens is 382 g/mol. The van der Waals surface area contributed by atoms with Crippen molar-refractivity contribution in [2.75, 3.05) is 37.8 Å². The van der Waals surface area contributed by atoms with Gasteiger partial charge in [-0.2, -0.15) is 0 Å². The summed E-state index contributed by atoms with van der Waals surface area (Å²) in [6.07, 6.45) is 4.35. The van der Waals surface area contributed by atoms with Gasteiger partial charge in [0.2, 0.25) is 0 Å². The van der Waals surface area contributed by atoms with Gasteiger partial charge in [-0.3, -0.25) is 4.90 Å². The Labute approximate surface area is 178 Å². The van der Waals surface area contributed by atoms with Crippen LogP contribution in [0.1, 0.15) is 25.3 Å². The summed E-state index contributed by atoms with van der Waals surface area (Å²) in [5.41, 5.74) is 2.11. The summed E-state index contributed by atoms with van der Waals surface area (Å²) in [7, 11) is 0. The van der Waals surface area contributed by atoms with Crippen LogP contribution < -0.4 is 15.4 Å². The molecule has 2 aromatic rings. The lowest BCUT2D eigenvalue weighted by molar-refractivity contribution is 0.175. The zero-order chi connectivity index (χ0) is 20.5. The fraction of sp³-hybridized carbons (Fsp3) is 0.435. The molecule has 156 valence electrons. The van der Waals surface area contributed by atoms with Gasteiger partial charge in [-0.1, -0.05) is 30.3 Å². The monoisotopic (exact) mass is 413 g/mol. The van der Waals surface area contributed by atoms with Gasteiger partial charge >= 0.3 is 6.03 Å². The normalized spacial score (nSPS) is 15.1. The van der Waals surface area contributed by atoms with E-state index in [0.717, 1.165) is 32.5 Å². The fourth-order valence-corrected chi connectivity index (χ4v) is 4.29. The maximum atomic E-state index is 12.3. The van der Waals surface area contributed by atoms with Crippen LogP contribution in [-0.2, 0) is 6.54 Å². The first-order chi connectivity index (χ1) is 14.2. The molecule has 29 heavy (non-hydrogen) atoms. The number of amides is 2. The summed E-state index contributed by atoms with van der Waals surface area (Å²) in [6.45, 7) is 6.36. The van der Waals surface area contributed by atoms with Gasteiger partial charge in [0.15, 0.2) is 0 Å². The van der Waals surface area contributed by atoms with Gasteiger partial charge in [-0.15, -0.1) is 11.8 Å². The first kappa shape index (κ1) is 21.5. The van der Waals surface area contributed by atoms with Crippen LogP contribution in [0, 0.1) is 5.92 Å². The second kappa shape index (κ2) is 11.1. The van der Waals surface area contributed by atoms with Crippen molar-refractivity contribution in [2.45, 2.75) is 31.2 Å². The molecule has 2 amide bonds. The first-order valence-electron chi connectivity index (χ1n) is 10.3. The van der Waals surface area contributed by atoms with E-state index >= 15 is 0 Å². The van der Waals surface area contributed by atoms with Crippen LogP contribution in [0.4, 0.5) is 10.5 Å². The van der Waals surface area contributed by atoms with Crippen molar-refractivity contribution in [1.29, 1.82) is 0 Å². The highest BCUT2D eigenvalue weighted by Gasteiger charge is 2.20. The topological polar surface area (TPSA) is 53.6 Å². The average molecular weight is 414 g/mol. The Balaban J connectivity index is 1.41. The third-order valence-corrected chi connectivity index (χ3v) is 6.12. The predicted octanol–water partition coefficient (Wildman–Crippen LogP) is 4.84. The summed E-state index contributed by atoms with van der Waals surface area (Å²) >= 11 is 1.81. The molecular formula is C23H31N3O2S. The highest BCUT2D eigenvalue weighted by Crippen LogP contribution is 2.25. The largest absolute Gasteiger partial charge is 0.492 e. The van der Waals surface area contributed by atoms with Crippen molar-refractivity contribution in [3.05, 3.63) is 54.1 Å². The molecule has 0 bridgehead atoms. The molecule has 6 heteroatoms. The minimum atomic E-state index is -0.173. The molecule has 5 nitrogen and oxygen atoms in total. The van der Waals surface area contributed by atoms with Crippen LogP contribution in [0.2, 0.25) is 0 Å². The number of carbonyl (C=O) groups excluding carboxylic acids is 1. The Morgan fingerprint density at radius 1 is 1.14 bits per heavy atom. The van der Waals surface area contributed by atoms with Crippen molar-refractivity contribution < 1.29 is 9.53 Å². The summed E-state index contributed by atoms with van der Waals surface area (Å²) in [4.78, 5) is 16.2. The number of benzene rings is 2. The van der Waals surface area contributed by atoms with Gasteiger partial charge in [0.25, 0.3) is 0 Å². The number of hydrogen-bond donors (Lipinski definition) is 2. The number of hydrogen-bond acceptors (Lipinski definition) is 4. The number of nitrogens with zero attached hydrogens (tertiary/aromatic N) is 1. The number of ether oxygens (including phenoxy) is 1. The number of nitrogens with one attached hydrogen (secondary N) is 2. The van der Waals surface area contributed by atoms with Gasteiger partial charge in [-0.05, 0) is 68.8 Å². The van der Waals surface area contributed by atoms with E-state index in [9.17, 15) is 4.79 Å². The lowest BCUT2D eigenvalue weighted by atomic mass is 9.96. The number of likely N-dealkylation sites (tertiary alicyclic amines) is 1. The van der Waals surface area contributed by atoms with Crippen molar-refractivity contribution in [3.63, 3.8) is 0 Å². The number of anilines is 1. The first-order valence-corrected chi connectivity index (χ1v) is 11.5. The molecule has 0 radical (unpaired) electrons. The molecule has 1 fully saturated rings. The van der Waals surface area contributed by atoms with Gasteiger partial charge in [-0.25, -0.2) is 4.79 Å². The molecule has 1 saturated heterocycles. The molecule has 1 aliphatic heterocycles. The number of rotatable bonds is 8. The molecule has 2 N–H and O–H groups in total. The Bertz CT molecular complexity index is 791. The summed E-state index contributed by atoms with van der Waals surface area (Å²) in [6, 6.07) is 16.0. The maximum Gasteiger partial charge on any atom is 0.319 e. The van der Waals surface area contributed by atoms with Crippen LogP contribution in [0.25, 0.3) is 0 Å². The van der Waals surface area contributed by atoms with Crippen molar-refractivity contribution in [1.82, 2.24) is 10.2 Å². The van der Waals surface area contributed by atoms with E-state index in [0.29, 0.717) is 30.5 Å². The zero-order valence-electron chi connectivity index (χ0n) is 17.3. The third-order valence-electron chi connectivity index (χ3n) is 5.28. The van der Waals surface area contributed by atoms with Gasteiger partial charge in [0.05, 0.1) is 12.3 Å². The van der Waals surface area contributed by atoms with Gasteiger partial charge in [0.1, 0.15) is 5.75 Å². The Hall–Kier alpha value is -2.18. The lowest BCUT2D eigenvalue weighted by Crippen LogP contribution is -2.39. The minimum Gasteiger partial charge on any atom is -0.492 e. The van der Waals surface area contributed by atoms with E-state index in [1.54, 1.807) is 0 Å². The van der Waals surface area contributed by atoms with E-state index in [1.165, 1.54) is 10.5 Å². The van der Waals surface area contributed by atoms with Crippen LogP contribution in [0.3, 0.4) is 0 Å². The molecule has 0 unspecified atom stereocenters. The Morgan fingerprint density at radius 3 is 2.62 bits per heavy atom. The van der Waals surface area contributed by atoms with E-state index in [-0.39, 0.29) is 6.03 Å². The molecule has 0 spiro atoms. The van der Waals surface area contributed by atoms with E-state index in [1.807, 2.05) is 43.0 Å². The average Bonchev–Trinajstić information content (AvgIpc) is 2.75. The fourth-order valence-electron chi connectivity index (χ4n) is 3.68. The van der Waals surface area contributed by atoms with Crippen LogP contribution in [0.15, 0.2) is 53.4 Å². The molecule has 2 aromatic carbocycles. The van der Waals surface area contributed by atoms with E-state index in [2.05, 4.69) is 46.1 Å². The smallest absolute Gasteiger partial charge is 0.319 e. The number of carbonyl (C=O) groups is 1. The second-order valence-corrected chi connectivity index (χ2v) is 8.14. The van der Waals surface area contributed by atoms with Crippen molar-refractivity contribution in [3.8, 4) is 5.75 Å². The lowest BCUT2D eigenvalue weighted by Gasteiger charge is -2.32. The van der Waals surface area contributed by atoms with Gasteiger partial charge < -0.3 is 15.4 Å². The van der Waals surface area contributed by atoms with Crippen molar-refractivity contribution in [2.24, 2.45) is 5.92 Å². The van der Waals surface area contributed by atoms with Crippen LogP contribution >= 0.6 is 11.8 Å². The predicted molar refractivity (Wildman–Crippen MR) is 121 cm³/mol. The SMILES string of the molecule is CCOc1ccccc1NC(=O)NCC1CCN(Cc2ccccc2SC)CC1. The van der Waals surface area contributed by atoms with Gasteiger partial charge in [0, 0.05) is 18.0 Å². The van der Waals surface area contributed by atoms with Crippen LogP contribution in [-0.4, -0.2) is 43.4 Å². The Morgan fingerprint density at radius 2 is 1.86 bits per heavy atom. The quantitative estimate of drug-likeness (QED) is 0.608. The molecule has 0 saturated carbocycles. The number of para-hydroxylation sites is 2. The number of piperidine rings is 1. The Kier molecular flexibility index (Phi) is 8.25. The molecule has 1 aliphatic rings. The maximum absolute atomic E-state index is 12.3. The highest BCUT2D eigenvalue weighted by atomic mass is 32.2. The van der Waals surface area contributed by atoms with E-state index in [4.69, 9.17) is 4.74 Å². The molecule has 1 heterocycles. The summed E-state index contributed by atoms with van der Waals surface area (Å²) < 4.78 is 5.56. The molecule has 0 aromatic heterocycles. The summed E-state index contributed by atoms with van der Waals surface area (Å²) in [5.74, 6) is 1.22.